The summed E-state index contributed by atoms with van der Waals surface area (Å²) in [6.07, 6.45) is 0.253. The molecule has 27 heavy (non-hydrogen) atoms. The molecule has 2 rings (SSSR count). The van der Waals surface area contributed by atoms with Crippen LogP contribution in [0.15, 0.2) is 28.2 Å². The fourth-order valence-electron chi connectivity index (χ4n) is 2.44. The zero-order chi connectivity index (χ0) is 20.1. The van der Waals surface area contributed by atoms with Crippen LogP contribution < -0.4 is 5.56 Å². The van der Waals surface area contributed by atoms with Crippen molar-refractivity contribution in [2.45, 2.75) is 37.2 Å². The van der Waals surface area contributed by atoms with Crippen LogP contribution in [0.4, 0.5) is 8.78 Å². The molecule has 0 saturated heterocycles. The third-order valence-electron chi connectivity index (χ3n) is 3.82. The molecule has 0 atom stereocenters. The first-order valence-electron chi connectivity index (χ1n) is 7.90. The second-order valence-electron chi connectivity index (χ2n) is 5.81. The van der Waals surface area contributed by atoms with E-state index in [4.69, 9.17) is 23.2 Å². The number of rotatable bonds is 7. The van der Waals surface area contributed by atoms with Gasteiger partial charge >= 0.3 is 0 Å². The Balaban J connectivity index is 2.00. The quantitative estimate of drug-likeness (QED) is 0.520. The average molecular weight is 436 g/mol. The normalized spacial score (nSPS) is 11.1. The molecule has 0 spiro atoms. The van der Waals surface area contributed by atoms with Gasteiger partial charge in [0, 0.05) is 31.3 Å². The Morgan fingerprint density at radius 3 is 2.63 bits per heavy atom. The Hall–Kier alpha value is -1.64. The summed E-state index contributed by atoms with van der Waals surface area (Å²) >= 11 is 12.0. The van der Waals surface area contributed by atoms with E-state index in [1.165, 1.54) is 4.90 Å². The van der Waals surface area contributed by atoms with Crippen LogP contribution in [-0.4, -0.2) is 33.6 Å². The number of thioether (sulfide) groups is 1. The van der Waals surface area contributed by atoms with Crippen LogP contribution in [-0.2, 0) is 17.8 Å². The molecule has 1 N–H and O–H groups in total. The van der Waals surface area contributed by atoms with Crippen molar-refractivity contribution in [1.82, 2.24) is 14.9 Å². The number of carbonyl (C=O) groups is 1. The van der Waals surface area contributed by atoms with Crippen molar-refractivity contribution < 1.29 is 13.6 Å². The highest BCUT2D eigenvalue weighted by Crippen LogP contribution is 2.23. The Bertz CT molecular complexity index is 893. The number of aromatic amines is 1. The van der Waals surface area contributed by atoms with Gasteiger partial charge in [-0.3, -0.25) is 9.59 Å². The molecule has 1 amide bonds. The lowest BCUT2D eigenvalue weighted by Crippen LogP contribution is -2.27. The van der Waals surface area contributed by atoms with Crippen molar-refractivity contribution in [2.24, 2.45) is 0 Å². The minimum atomic E-state index is -2.67. The topological polar surface area (TPSA) is 66.1 Å². The molecule has 5 nitrogen and oxygen atoms in total. The van der Waals surface area contributed by atoms with Gasteiger partial charge in [0.15, 0.2) is 5.16 Å². The Morgan fingerprint density at radius 2 is 2.04 bits per heavy atom. The molecule has 10 heteroatoms. The fourth-order valence-corrected chi connectivity index (χ4v) is 3.27. The van der Waals surface area contributed by atoms with Gasteiger partial charge in [-0.15, -0.1) is 0 Å². The van der Waals surface area contributed by atoms with E-state index in [0.29, 0.717) is 27.8 Å². The average Bonchev–Trinajstić information content (AvgIpc) is 2.56. The Kier molecular flexibility index (Phi) is 7.64. The second-order valence-corrected chi connectivity index (χ2v) is 7.60. The molecule has 1 aromatic heterocycles. The number of nitrogens with one attached hydrogen (secondary N) is 1. The minimum absolute atomic E-state index is 0.0881. The summed E-state index contributed by atoms with van der Waals surface area (Å²) in [5.74, 6) is -2.85. The van der Waals surface area contributed by atoms with Crippen LogP contribution in [0.5, 0.6) is 0 Å². The van der Waals surface area contributed by atoms with Crippen LogP contribution in [0.3, 0.4) is 0 Å². The van der Waals surface area contributed by atoms with E-state index in [0.717, 1.165) is 5.56 Å². The van der Waals surface area contributed by atoms with Crippen LogP contribution >= 0.6 is 35.0 Å². The van der Waals surface area contributed by atoms with E-state index in [-0.39, 0.29) is 35.7 Å². The third kappa shape index (κ3) is 6.19. The lowest BCUT2D eigenvalue weighted by atomic mass is 10.1. The van der Waals surface area contributed by atoms with Crippen molar-refractivity contribution in [3.63, 3.8) is 0 Å². The number of aryl methyl sites for hydroxylation is 1. The second kappa shape index (κ2) is 9.52. The molecule has 0 saturated carbocycles. The third-order valence-corrected chi connectivity index (χ3v) is 5.15. The van der Waals surface area contributed by atoms with Crippen LogP contribution in [0.1, 0.15) is 23.2 Å². The van der Waals surface area contributed by atoms with Gasteiger partial charge in [0.25, 0.3) is 11.3 Å². The number of hydrogen-bond acceptors (Lipinski definition) is 4. The highest BCUT2D eigenvalue weighted by molar-refractivity contribution is 7.99. The SMILES string of the molecule is Cc1nc(SC(F)F)[nH]c(=O)c1CCC(=O)N(C)Cc1ccc(Cl)c(Cl)c1. The van der Waals surface area contributed by atoms with E-state index in [1.807, 2.05) is 0 Å². The maximum absolute atomic E-state index is 12.4. The minimum Gasteiger partial charge on any atom is -0.341 e. The molecule has 0 unspecified atom stereocenters. The molecule has 146 valence electrons. The zero-order valence-corrected chi connectivity index (χ0v) is 16.9. The van der Waals surface area contributed by atoms with E-state index < -0.39 is 11.3 Å². The van der Waals surface area contributed by atoms with Gasteiger partial charge < -0.3 is 9.88 Å². The number of carbonyl (C=O) groups excluding carboxylic acids is 1. The van der Waals surface area contributed by atoms with Crippen molar-refractivity contribution in [3.05, 3.63) is 55.4 Å². The molecule has 0 aliphatic carbocycles. The lowest BCUT2D eigenvalue weighted by Gasteiger charge is -2.18. The molecular weight excluding hydrogens is 419 g/mol. The first kappa shape index (κ1) is 21.7. The maximum atomic E-state index is 12.4. The summed E-state index contributed by atoms with van der Waals surface area (Å²) in [7, 11) is 1.64. The van der Waals surface area contributed by atoms with Gasteiger partial charge in [-0.2, -0.15) is 8.78 Å². The number of nitrogens with zero attached hydrogens (tertiary/aromatic N) is 2. The number of H-pyrrole nitrogens is 1. The predicted octanol–water partition coefficient (Wildman–Crippen LogP) is 4.29. The van der Waals surface area contributed by atoms with Gasteiger partial charge in [0.05, 0.1) is 10.0 Å². The fraction of sp³-hybridized carbons (Fsp3) is 0.353. The molecular formula is C17H17Cl2F2N3O2S. The molecule has 0 bridgehead atoms. The molecule has 1 heterocycles. The van der Waals surface area contributed by atoms with Gasteiger partial charge in [-0.25, -0.2) is 4.98 Å². The van der Waals surface area contributed by atoms with Gasteiger partial charge in [-0.1, -0.05) is 29.3 Å². The van der Waals surface area contributed by atoms with E-state index in [9.17, 15) is 18.4 Å². The summed E-state index contributed by atoms with van der Waals surface area (Å²) in [4.78, 5) is 32.2. The standard InChI is InChI=1S/C17H17Cl2F2N3O2S/c1-9-11(15(26)23-17(22-9)27-16(20)21)4-6-14(25)24(2)8-10-3-5-12(18)13(19)7-10/h3,5,7,16H,4,6,8H2,1-2H3,(H,22,23,26). The lowest BCUT2D eigenvalue weighted by molar-refractivity contribution is -0.130. The number of amides is 1. The largest absolute Gasteiger partial charge is 0.341 e. The molecule has 0 aliphatic rings. The summed E-state index contributed by atoms with van der Waals surface area (Å²) in [6.45, 7) is 1.90. The number of alkyl halides is 2. The number of aromatic nitrogens is 2. The van der Waals surface area contributed by atoms with Crippen molar-refractivity contribution >= 4 is 40.9 Å². The first-order chi connectivity index (χ1) is 12.7. The van der Waals surface area contributed by atoms with Crippen LogP contribution in [0, 0.1) is 6.92 Å². The summed E-state index contributed by atoms with van der Waals surface area (Å²) in [6, 6.07) is 5.12. The molecule has 2 aromatic rings. The summed E-state index contributed by atoms with van der Waals surface area (Å²) in [5.41, 5.74) is 0.960. The van der Waals surface area contributed by atoms with E-state index >= 15 is 0 Å². The molecule has 0 aliphatic heterocycles. The van der Waals surface area contributed by atoms with Gasteiger partial charge in [0.1, 0.15) is 0 Å². The van der Waals surface area contributed by atoms with Gasteiger partial charge in [-0.05, 0) is 42.8 Å². The molecule has 1 aromatic carbocycles. The maximum Gasteiger partial charge on any atom is 0.291 e. The summed E-state index contributed by atoms with van der Waals surface area (Å²) in [5, 5.41) is 0.703. The highest BCUT2D eigenvalue weighted by atomic mass is 35.5. The molecule has 0 radical (unpaired) electrons. The number of benzene rings is 1. The smallest absolute Gasteiger partial charge is 0.291 e. The number of halogens is 4. The molecule has 0 fully saturated rings. The van der Waals surface area contributed by atoms with Crippen molar-refractivity contribution in [1.29, 1.82) is 0 Å². The Labute approximate surface area is 169 Å². The predicted molar refractivity (Wildman–Crippen MR) is 103 cm³/mol. The highest BCUT2D eigenvalue weighted by Gasteiger charge is 2.15. The van der Waals surface area contributed by atoms with Crippen molar-refractivity contribution in [3.8, 4) is 0 Å². The van der Waals surface area contributed by atoms with Crippen molar-refractivity contribution in [2.75, 3.05) is 7.05 Å². The Morgan fingerprint density at radius 1 is 1.33 bits per heavy atom. The van der Waals surface area contributed by atoms with E-state index in [2.05, 4.69) is 9.97 Å². The monoisotopic (exact) mass is 435 g/mol. The van der Waals surface area contributed by atoms with Crippen LogP contribution in [0.25, 0.3) is 0 Å². The van der Waals surface area contributed by atoms with Crippen LogP contribution in [0.2, 0.25) is 10.0 Å². The van der Waals surface area contributed by atoms with Gasteiger partial charge in [0.2, 0.25) is 5.91 Å². The first-order valence-corrected chi connectivity index (χ1v) is 9.53. The summed E-state index contributed by atoms with van der Waals surface area (Å²) < 4.78 is 24.8. The van der Waals surface area contributed by atoms with E-state index in [1.54, 1.807) is 32.2 Å². The zero-order valence-electron chi connectivity index (χ0n) is 14.6. The number of hydrogen-bond donors (Lipinski definition) is 1.